The van der Waals surface area contributed by atoms with Crippen LogP contribution in [0.5, 0.6) is 0 Å². The van der Waals surface area contributed by atoms with Crippen LogP contribution in [0.1, 0.15) is 33.1 Å². The summed E-state index contributed by atoms with van der Waals surface area (Å²) in [7, 11) is -2.38. The summed E-state index contributed by atoms with van der Waals surface area (Å²) in [5.74, 6) is -1.16. The summed E-state index contributed by atoms with van der Waals surface area (Å²) in [6.07, 6.45) is 3.05. The van der Waals surface area contributed by atoms with Gasteiger partial charge in [-0.1, -0.05) is 13.3 Å². The van der Waals surface area contributed by atoms with Gasteiger partial charge < -0.3 is 4.74 Å². The van der Waals surface area contributed by atoms with Gasteiger partial charge in [0.05, 0.1) is 5.75 Å². The Morgan fingerprint density at radius 2 is 2.20 bits per heavy atom. The van der Waals surface area contributed by atoms with Crippen molar-refractivity contribution in [3.63, 3.8) is 0 Å². The van der Waals surface area contributed by atoms with Gasteiger partial charge in [-0.05, 0) is 18.9 Å². The maximum atomic E-state index is 12.3. The van der Waals surface area contributed by atoms with Crippen LogP contribution in [-0.2, 0) is 24.2 Å². The number of ether oxygens (including phenoxy) is 1. The van der Waals surface area contributed by atoms with Crippen molar-refractivity contribution in [1.82, 2.24) is 4.90 Å². The zero-order valence-electron chi connectivity index (χ0n) is 11.9. The van der Waals surface area contributed by atoms with Crippen molar-refractivity contribution >= 4 is 21.5 Å². The summed E-state index contributed by atoms with van der Waals surface area (Å²) in [6.45, 7) is 3.57. The molecule has 1 amide bonds. The maximum absolute atomic E-state index is 12.3. The second-order valence-electron chi connectivity index (χ2n) is 5.31. The number of rotatable bonds is 5. The summed E-state index contributed by atoms with van der Waals surface area (Å²) < 4.78 is 29.7. The minimum atomic E-state index is -3.60. The van der Waals surface area contributed by atoms with Crippen molar-refractivity contribution in [2.75, 3.05) is 12.9 Å². The molecule has 2 aliphatic heterocycles. The van der Waals surface area contributed by atoms with Crippen LogP contribution in [0.2, 0.25) is 0 Å². The van der Waals surface area contributed by atoms with Crippen LogP contribution in [0.3, 0.4) is 0 Å². The third-order valence-corrected chi connectivity index (χ3v) is 5.87. The van der Waals surface area contributed by atoms with Crippen LogP contribution < -0.4 is 0 Å². The number of hydrogen-bond donors (Lipinski definition) is 0. The Morgan fingerprint density at radius 1 is 1.55 bits per heavy atom. The fourth-order valence-electron chi connectivity index (χ4n) is 2.84. The van der Waals surface area contributed by atoms with Gasteiger partial charge >= 0.3 is 0 Å². The molecule has 1 fully saturated rings. The van der Waals surface area contributed by atoms with Gasteiger partial charge in [0, 0.05) is 19.7 Å². The molecule has 0 spiro atoms. The minimum absolute atomic E-state index is 0.145. The molecule has 6 nitrogen and oxygen atoms in total. The van der Waals surface area contributed by atoms with E-state index >= 15 is 0 Å². The average molecular weight is 301 g/mol. The molecule has 0 aromatic carbocycles. The topological polar surface area (TPSA) is 80.8 Å². The Balaban J connectivity index is 2.41. The number of methoxy groups -OCH3 is 1. The molecule has 0 saturated carbocycles. The van der Waals surface area contributed by atoms with Crippen LogP contribution in [-0.4, -0.2) is 48.8 Å². The maximum Gasteiger partial charge on any atom is 0.271 e. The van der Waals surface area contributed by atoms with Crippen LogP contribution in [0.4, 0.5) is 0 Å². The molecule has 7 heteroatoms. The molecule has 1 saturated heterocycles. The lowest BCUT2D eigenvalue weighted by atomic mass is 9.84. The second kappa shape index (κ2) is 4.96. The highest BCUT2D eigenvalue weighted by Crippen LogP contribution is 2.43. The van der Waals surface area contributed by atoms with E-state index in [2.05, 4.69) is 0 Å². The number of carbonyl (C=O) groups excluding carboxylic acids is 2. The SMILES string of the molecule is CCCCC(=O)[C@]1(OC)C(=O)N2C=C(C)CS(=O)(=O)[C@H]21. The van der Waals surface area contributed by atoms with E-state index in [9.17, 15) is 18.0 Å². The van der Waals surface area contributed by atoms with E-state index < -0.39 is 32.5 Å². The fraction of sp³-hybridized carbons (Fsp3) is 0.692. The van der Waals surface area contributed by atoms with Crippen molar-refractivity contribution in [3.8, 4) is 0 Å². The normalized spacial score (nSPS) is 31.4. The van der Waals surface area contributed by atoms with Crippen molar-refractivity contribution in [2.45, 2.75) is 44.1 Å². The highest BCUT2D eigenvalue weighted by Gasteiger charge is 2.71. The van der Waals surface area contributed by atoms with Gasteiger partial charge in [0.25, 0.3) is 5.91 Å². The quantitative estimate of drug-likeness (QED) is 0.549. The van der Waals surface area contributed by atoms with Crippen LogP contribution in [0.25, 0.3) is 0 Å². The Hall–Kier alpha value is -1.21. The Kier molecular flexibility index (Phi) is 3.77. The first-order chi connectivity index (χ1) is 9.31. The number of Topliss-reactive ketones (excluding diaryl/α,β-unsaturated/α-hetero) is 1. The Morgan fingerprint density at radius 3 is 2.75 bits per heavy atom. The van der Waals surface area contributed by atoms with Gasteiger partial charge in [0.1, 0.15) is 0 Å². The monoisotopic (exact) mass is 301 g/mol. The highest BCUT2D eigenvalue weighted by molar-refractivity contribution is 7.92. The summed E-state index contributed by atoms with van der Waals surface area (Å²) in [5, 5.41) is -1.21. The molecule has 0 N–H and O–H groups in total. The molecule has 0 aliphatic carbocycles. The molecule has 2 heterocycles. The summed E-state index contributed by atoms with van der Waals surface area (Å²) in [4.78, 5) is 25.7. The summed E-state index contributed by atoms with van der Waals surface area (Å²) >= 11 is 0. The fourth-order valence-corrected chi connectivity index (χ4v) is 5.04. The second-order valence-corrected chi connectivity index (χ2v) is 7.37. The predicted molar refractivity (Wildman–Crippen MR) is 72.4 cm³/mol. The van der Waals surface area contributed by atoms with Gasteiger partial charge in [-0.3, -0.25) is 14.5 Å². The van der Waals surface area contributed by atoms with Crippen molar-refractivity contribution in [1.29, 1.82) is 0 Å². The standard InChI is InChI=1S/C13H19NO5S/c1-4-5-6-10(15)13(19-3)11(16)14-7-9(2)8-20(17,18)12(13)14/h7,12H,4-6,8H2,1-3H3/t12-,13-/m0/s1. The molecule has 0 unspecified atom stereocenters. The Bertz CT molecular complexity index is 580. The lowest BCUT2D eigenvalue weighted by Crippen LogP contribution is -2.79. The Labute approximate surface area is 118 Å². The third kappa shape index (κ3) is 1.91. The number of amides is 1. The van der Waals surface area contributed by atoms with Gasteiger partial charge in [-0.25, -0.2) is 8.42 Å². The van der Waals surface area contributed by atoms with Crippen LogP contribution in [0.15, 0.2) is 11.8 Å². The van der Waals surface area contributed by atoms with Gasteiger partial charge in [-0.2, -0.15) is 0 Å². The molecule has 112 valence electrons. The largest absolute Gasteiger partial charge is 0.359 e. The number of ketones is 1. The number of hydrogen-bond acceptors (Lipinski definition) is 5. The molecule has 0 aromatic rings. The smallest absolute Gasteiger partial charge is 0.271 e. The highest BCUT2D eigenvalue weighted by atomic mass is 32.2. The third-order valence-electron chi connectivity index (χ3n) is 3.77. The van der Waals surface area contributed by atoms with Crippen LogP contribution >= 0.6 is 0 Å². The average Bonchev–Trinajstić information content (AvgIpc) is 2.37. The van der Waals surface area contributed by atoms with E-state index in [4.69, 9.17) is 4.74 Å². The van der Waals surface area contributed by atoms with E-state index in [1.165, 1.54) is 13.3 Å². The lowest BCUT2D eigenvalue weighted by molar-refractivity contribution is -0.185. The first-order valence-electron chi connectivity index (χ1n) is 6.61. The molecule has 0 aromatic heterocycles. The van der Waals surface area contributed by atoms with Crippen molar-refractivity contribution < 1.29 is 22.7 Å². The number of fused-ring (bicyclic) bond motifs is 1. The number of carbonyl (C=O) groups is 2. The van der Waals surface area contributed by atoms with E-state index in [1.807, 2.05) is 6.92 Å². The number of β-lactam (4-membered cyclic amide) rings is 1. The van der Waals surface area contributed by atoms with Gasteiger partial charge in [-0.15, -0.1) is 0 Å². The number of nitrogens with zero attached hydrogens (tertiary/aromatic N) is 1. The zero-order chi connectivity index (χ0) is 15.1. The van der Waals surface area contributed by atoms with E-state index in [0.29, 0.717) is 12.0 Å². The van der Waals surface area contributed by atoms with Gasteiger partial charge in [0.2, 0.25) is 5.60 Å². The van der Waals surface area contributed by atoms with Gasteiger partial charge in [0.15, 0.2) is 21.0 Å². The van der Waals surface area contributed by atoms with Crippen molar-refractivity contribution in [3.05, 3.63) is 11.8 Å². The molecule has 0 bridgehead atoms. The zero-order valence-corrected chi connectivity index (χ0v) is 12.7. The minimum Gasteiger partial charge on any atom is -0.359 e. The number of sulfone groups is 1. The molecular weight excluding hydrogens is 282 g/mol. The first-order valence-corrected chi connectivity index (χ1v) is 8.33. The number of unbranched alkanes of at least 4 members (excludes halogenated alkanes) is 1. The molecule has 2 aliphatic rings. The van der Waals surface area contributed by atoms with E-state index in [1.54, 1.807) is 6.92 Å². The summed E-state index contributed by atoms with van der Waals surface area (Å²) in [6, 6.07) is 0. The van der Waals surface area contributed by atoms with Crippen LogP contribution in [0, 0.1) is 0 Å². The predicted octanol–water partition coefficient (Wildman–Crippen LogP) is 0.631. The van der Waals surface area contributed by atoms with E-state index in [0.717, 1.165) is 11.3 Å². The molecule has 20 heavy (non-hydrogen) atoms. The molecule has 2 rings (SSSR count). The molecular formula is C13H19NO5S. The van der Waals surface area contributed by atoms with Crippen molar-refractivity contribution in [2.24, 2.45) is 0 Å². The van der Waals surface area contributed by atoms with E-state index in [-0.39, 0.29) is 12.2 Å². The molecule has 2 atom stereocenters. The lowest BCUT2D eigenvalue weighted by Gasteiger charge is -2.53. The first kappa shape index (κ1) is 15.2. The summed E-state index contributed by atoms with van der Waals surface area (Å²) in [5.41, 5.74) is -1.26. The molecule has 0 radical (unpaired) electrons.